The molecule has 0 saturated carbocycles. The van der Waals surface area contributed by atoms with Gasteiger partial charge in [-0.05, 0) is 5.56 Å². The Morgan fingerprint density at radius 2 is 2.00 bits per heavy atom. The van der Waals surface area contributed by atoms with Crippen LogP contribution in [-0.4, -0.2) is 58.5 Å². The Morgan fingerprint density at radius 3 is 2.57 bits per heavy atom. The van der Waals surface area contributed by atoms with E-state index in [0.717, 1.165) is 5.56 Å². The number of aliphatic hydroxyl groups excluding tert-OH is 2. The van der Waals surface area contributed by atoms with Gasteiger partial charge in [-0.3, -0.25) is 9.69 Å². The molecule has 21 heavy (non-hydrogen) atoms. The SMILES string of the molecule is CC(=O)NC[C@@H]1[C@H](F)[C@H](O)[C@@H](CO)N1Cc1ccccc1. The van der Waals surface area contributed by atoms with Crippen LogP contribution in [0.2, 0.25) is 0 Å². The van der Waals surface area contributed by atoms with E-state index in [0.29, 0.717) is 6.54 Å². The lowest BCUT2D eigenvalue weighted by Crippen LogP contribution is -2.45. The molecule has 1 aromatic rings. The number of amides is 1. The number of rotatable bonds is 5. The third kappa shape index (κ3) is 3.58. The molecular formula is C15H21FN2O3. The molecule has 1 saturated heterocycles. The van der Waals surface area contributed by atoms with Crippen LogP contribution >= 0.6 is 0 Å². The van der Waals surface area contributed by atoms with E-state index in [-0.39, 0.29) is 19.1 Å². The van der Waals surface area contributed by atoms with Crippen LogP contribution < -0.4 is 5.32 Å². The van der Waals surface area contributed by atoms with Gasteiger partial charge in [-0.2, -0.15) is 0 Å². The lowest BCUT2D eigenvalue weighted by Gasteiger charge is -2.29. The number of likely N-dealkylation sites (tertiary alicyclic amines) is 1. The summed E-state index contributed by atoms with van der Waals surface area (Å²) in [6, 6.07) is 8.14. The molecule has 0 aromatic heterocycles. The van der Waals surface area contributed by atoms with Crippen molar-refractivity contribution in [2.45, 2.75) is 37.8 Å². The van der Waals surface area contributed by atoms with Crippen molar-refractivity contribution in [3.63, 3.8) is 0 Å². The first kappa shape index (κ1) is 15.9. The van der Waals surface area contributed by atoms with E-state index in [2.05, 4.69) is 5.32 Å². The Labute approximate surface area is 123 Å². The third-order valence-corrected chi connectivity index (χ3v) is 3.90. The molecule has 116 valence electrons. The van der Waals surface area contributed by atoms with Gasteiger partial charge in [0, 0.05) is 20.0 Å². The van der Waals surface area contributed by atoms with Crippen molar-refractivity contribution in [1.29, 1.82) is 0 Å². The van der Waals surface area contributed by atoms with Gasteiger partial charge < -0.3 is 15.5 Å². The molecule has 1 aliphatic rings. The van der Waals surface area contributed by atoms with Gasteiger partial charge >= 0.3 is 0 Å². The zero-order chi connectivity index (χ0) is 15.4. The molecule has 0 aliphatic carbocycles. The molecule has 0 spiro atoms. The Hall–Kier alpha value is -1.50. The summed E-state index contributed by atoms with van der Waals surface area (Å²) in [5.74, 6) is -0.246. The van der Waals surface area contributed by atoms with Gasteiger partial charge in [0.15, 0.2) is 0 Å². The molecule has 1 heterocycles. The predicted octanol–water partition coefficient (Wildman–Crippen LogP) is 0.0668. The van der Waals surface area contributed by atoms with E-state index in [1.54, 1.807) is 4.90 Å². The molecule has 1 fully saturated rings. The van der Waals surface area contributed by atoms with Crippen LogP contribution in [0, 0.1) is 0 Å². The Kier molecular flexibility index (Phi) is 5.27. The first-order chi connectivity index (χ1) is 10.0. The molecule has 4 atom stereocenters. The zero-order valence-electron chi connectivity index (χ0n) is 11.9. The molecule has 5 nitrogen and oxygen atoms in total. The summed E-state index contributed by atoms with van der Waals surface area (Å²) in [6.45, 7) is 1.55. The number of carbonyl (C=O) groups is 1. The summed E-state index contributed by atoms with van der Waals surface area (Å²) in [5, 5.41) is 22.0. The van der Waals surface area contributed by atoms with Crippen molar-refractivity contribution < 1.29 is 19.4 Å². The molecule has 6 heteroatoms. The summed E-state index contributed by atoms with van der Waals surface area (Å²) in [5.41, 5.74) is 0.963. The summed E-state index contributed by atoms with van der Waals surface area (Å²) >= 11 is 0. The molecule has 1 amide bonds. The second-order valence-electron chi connectivity index (χ2n) is 5.35. The molecule has 1 aliphatic heterocycles. The highest BCUT2D eigenvalue weighted by Crippen LogP contribution is 2.29. The molecule has 1 aromatic carbocycles. The monoisotopic (exact) mass is 296 g/mol. The maximum atomic E-state index is 14.3. The Morgan fingerprint density at radius 1 is 1.33 bits per heavy atom. The number of nitrogens with one attached hydrogen (secondary N) is 1. The summed E-state index contributed by atoms with van der Waals surface area (Å²) in [6.07, 6.45) is -2.75. The van der Waals surface area contributed by atoms with Gasteiger partial charge in [-0.25, -0.2) is 4.39 Å². The van der Waals surface area contributed by atoms with Crippen molar-refractivity contribution in [2.24, 2.45) is 0 Å². The molecule has 3 N–H and O–H groups in total. The maximum absolute atomic E-state index is 14.3. The minimum absolute atomic E-state index is 0.108. The average Bonchev–Trinajstić information content (AvgIpc) is 2.69. The van der Waals surface area contributed by atoms with E-state index in [4.69, 9.17) is 0 Å². The first-order valence-corrected chi connectivity index (χ1v) is 7.01. The van der Waals surface area contributed by atoms with Gasteiger partial charge in [0.05, 0.1) is 18.7 Å². The second kappa shape index (κ2) is 6.98. The summed E-state index contributed by atoms with van der Waals surface area (Å²) < 4.78 is 14.3. The number of halogens is 1. The number of alkyl halides is 1. The summed E-state index contributed by atoms with van der Waals surface area (Å²) in [4.78, 5) is 12.8. The van der Waals surface area contributed by atoms with Crippen LogP contribution in [0.5, 0.6) is 0 Å². The van der Waals surface area contributed by atoms with Crippen LogP contribution in [0.25, 0.3) is 0 Å². The zero-order valence-corrected chi connectivity index (χ0v) is 11.9. The average molecular weight is 296 g/mol. The Bertz CT molecular complexity index is 471. The van der Waals surface area contributed by atoms with Crippen LogP contribution in [-0.2, 0) is 11.3 Å². The van der Waals surface area contributed by atoms with Crippen LogP contribution in [0.4, 0.5) is 4.39 Å². The van der Waals surface area contributed by atoms with Gasteiger partial charge in [0.2, 0.25) is 5.91 Å². The fourth-order valence-electron chi connectivity index (χ4n) is 2.78. The largest absolute Gasteiger partial charge is 0.395 e. The minimum atomic E-state index is -1.50. The van der Waals surface area contributed by atoms with Crippen molar-refractivity contribution in [1.82, 2.24) is 10.2 Å². The van der Waals surface area contributed by atoms with Gasteiger partial charge in [-0.15, -0.1) is 0 Å². The molecule has 0 unspecified atom stereocenters. The van der Waals surface area contributed by atoms with Gasteiger partial charge in [-0.1, -0.05) is 30.3 Å². The lowest BCUT2D eigenvalue weighted by molar-refractivity contribution is -0.119. The highest BCUT2D eigenvalue weighted by atomic mass is 19.1. The fourth-order valence-corrected chi connectivity index (χ4v) is 2.78. The first-order valence-electron chi connectivity index (χ1n) is 7.01. The van der Waals surface area contributed by atoms with E-state index in [9.17, 15) is 19.4 Å². The van der Waals surface area contributed by atoms with Crippen LogP contribution in [0.15, 0.2) is 30.3 Å². The molecule has 0 radical (unpaired) electrons. The third-order valence-electron chi connectivity index (χ3n) is 3.90. The van der Waals surface area contributed by atoms with E-state index in [1.807, 2.05) is 30.3 Å². The van der Waals surface area contributed by atoms with Crippen molar-refractivity contribution in [2.75, 3.05) is 13.2 Å². The molecular weight excluding hydrogens is 275 g/mol. The predicted molar refractivity (Wildman–Crippen MR) is 76.2 cm³/mol. The van der Waals surface area contributed by atoms with Crippen molar-refractivity contribution in [3.8, 4) is 0 Å². The summed E-state index contributed by atoms with van der Waals surface area (Å²) in [7, 11) is 0. The minimum Gasteiger partial charge on any atom is -0.395 e. The van der Waals surface area contributed by atoms with Crippen LogP contribution in [0.1, 0.15) is 12.5 Å². The van der Waals surface area contributed by atoms with Crippen molar-refractivity contribution >= 4 is 5.91 Å². The van der Waals surface area contributed by atoms with Crippen LogP contribution in [0.3, 0.4) is 0 Å². The van der Waals surface area contributed by atoms with Gasteiger partial charge in [0.25, 0.3) is 0 Å². The Balaban J connectivity index is 2.16. The molecule has 0 bridgehead atoms. The number of hydrogen-bond donors (Lipinski definition) is 3. The second-order valence-corrected chi connectivity index (χ2v) is 5.35. The van der Waals surface area contributed by atoms with Gasteiger partial charge in [0.1, 0.15) is 12.3 Å². The fraction of sp³-hybridized carbons (Fsp3) is 0.533. The topological polar surface area (TPSA) is 72.8 Å². The lowest BCUT2D eigenvalue weighted by atomic mass is 10.1. The highest BCUT2D eigenvalue weighted by Gasteiger charge is 2.48. The number of hydrogen-bond acceptors (Lipinski definition) is 4. The van der Waals surface area contributed by atoms with E-state index in [1.165, 1.54) is 6.92 Å². The maximum Gasteiger partial charge on any atom is 0.216 e. The molecule has 2 rings (SSSR count). The number of carbonyl (C=O) groups excluding carboxylic acids is 1. The van der Waals surface area contributed by atoms with E-state index >= 15 is 0 Å². The standard InChI is InChI=1S/C15H21FN2O3/c1-10(20)17-7-12-14(16)15(21)13(9-19)18(12)8-11-5-3-2-4-6-11/h2-6,12-15,19,21H,7-9H2,1H3,(H,17,20)/t12-,13-,14+,15-/m1/s1. The van der Waals surface area contributed by atoms with E-state index < -0.39 is 24.4 Å². The number of benzene rings is 1. The highest BCUT2D eigenvalue weighted by molar-refractivity contribution is 5.72. The number of nitrogens with zero attached hydrogens (tertiary/aromatic N) is 1. The normalized spacial score (nSPS) is 29.5. The van der Waals surface area contributed by atoms with Crippen molar-refractivity contribution in [3.05, 3.63) is 35.9 Å². The smallest absolute Gasteiger partial charge is 0.216 e. The quantitative estimate of drug-likeness (QED) is 0.719. The number of aliphatic hydroxyl groups is 2.